The normalized spacial score (nSPS) is 11.3. The van der Waals surface area contributed by atoms with Gasteiger partial charge in [-0.3, -0.25) is 9.68 Å². The van der Waals surface area contributed by atoms with Crippen molar-refractivity contribution in [2.24, 2.45) is 0 Å². The van der Waals surface area contributed by atoms with Gasteiger partial charge in [0.05, 0.1) is 5.41 Å². The first-order valence-corrected chi connectivity index (χ1v) is 18.5. The Bertz CT molecular complexity index is 2310. The Balaban J connectivity index is 0.000000281. The molecule has 0 saturated heterocycles. The van der Waals surface area contributed by atoms with Crippen LogP contribution in [-0.4, -0.2) is 30.9 Å². The van der Waals surface area contributed by atoms with E-state index in [1.807, 2.05) is 91.0 Å². The van der Waals surface area contributed by atoms with Crippen LogP contribution in [0.15, 0.2) is 203 Å². The third-order valence-electron chi connectivity index (χ3n) is 9.37. The molecule has 0 radical (unpaired) electrons. The zero-order valence-electron chi connectivity index (χ0n) is 32.2. The molecule has 0 amide bonds. The van der Waals surface area contributed by atoms with Crippen molar-refractivity contribution in [3.05, 3.63) is 231 Å². The van der Waals surface area contributed by atoms with Crippen LogP contribution in [0.25, 0.3) is 22.3 Å². The summed E-state index contributed by atoms with van der Waals surface area (Å²) in [7, 11) is 0. The molecule has 1 aliphatic rings. The van der Waals surface area contributed by atoms with Crippen molar-refractivity contribution in [1.29, 1.82) is 0 Å². The van der Waals surface area contributed by atoms with Gasteiger partial charge in [0.15, 0.2) is 11.5 Å². The molecule has 0 saturated carbocycles. The maximum atomic E-state index is 11.4. The fourth-order valence-electron chi connectivity index (χ4n) is 6.90. The lowest BCUT2D eigenvalue weighted by molar-refractivity contribution is -0.207. The standard InChI is InChI=1S/C33H26O6.C16H14O.C2H4/c1-3-31(34)37-22-21-36-25-17-13-23(14-18-25)33(24-15-19-26(20-16-24)38-39-32(35)4-2)29-11-7-5-9-27(29)28-10-6-8-12-30(28)33;1-2-15(17)12-14-10-6-7-11-16(14)13-8-4-3-5-9-13;1-2/h3-20H,1-2,21-22H2;2-11H,1,12H2;1-2H2. The maximum Gasteiger partial charge on any atom is 0.378 e. The highest BCUT2D eigenvalue weighted by Crippen LogP contribution is 2.56. The molecular weight excluding hydrogens is 725 g/mol. The quantitative estimate of drug-likeness (QED) is 0.0272. The molecule has 0 aromatic heterocycles. The minimum absolute atomic E-state index is 0.0494. The van der Waals surface area contributed by atoms with E-state index in [0.29, 0.717) is 17.9 Å². The van der Waals surface area contributed by atoms with Gasteiger partial charge in [0.2, 0.25) is 0 Å². The molecule has 0 spiro atoms. The summed E-state index contributed by atoms with van der Waals surface area (Å²) in [5.41, 5.74) is 9.40. The van der Waals surface area contributed by atoms with Crippen LogP contribution in [0, 0.1) is 0 Å². The summed E-state index contributed by atoms with van der Waals surface area (Å²) in [5.74, 6) is -0.0473. The van der Waals surface area contributed by atoms with Gasteiger partial charge in [-0.1, -0.05) is 147 Å². The van der Waals surface area contributed by atoms with E-state index in [0.717, 1.165) is 62.2 Å². The summed E-state index contributed by atoms with van der Waals surface area (Å²) in [6.45, 7) is 16.6. The summed E-state index contributed by atoms with van der Waals surface area (Å²) in [6.07, 6.45) is 3.95. The molecule has 0 N–H and O–H groups in total. The SMILES string of the molecule is C=C.C=CC(=O)Cc1ccccc1-c1ccccc1.C=CC(=O)OCCOc1ccc(C2(c3ccc(OOC(=O)C=C)cc3)c3ccccc3-c3ccccc32)cc1. The fourth-order valence-corrected chi connectivity index (χ4v) is 6.90. The molecule has 1 aliphatic carbocycles. The summed E-state index contributed by atoms with van der Waals surface area (Å²) in [5, 5.41) is 0. The molecular formula is C51H44O7. The van der Waals surface area contributed by atoms with Gasteiger partial charge in [-0.05, 0) is 80.4 Å². The summed E-state index contributed by atoms with van der Waals surface area (Å²) >= 11 is 0. The van der Waals surface area contributed by atoms with Crippen LogP contribution >= 0.6 is 0 Å². The molecule has 6 aromatic carbocycles. The smallest absolute Gasteiger partial charge is 0.378 e. The van der Waals surface area contributed by atoms with E-state index in [1.54, 1.807) is 12.1 Å². The number of hydrogen-bond acceptors (Lipinski definition) is 7. The van der Waals surface area contributed by atoms with E-state index in [4.69, 9.17) is 19.2 Å². The van der Waals surface area contributed by atoms with Crippen LogP contribution in [0.5, 0.6) is 11.5 Å². The number of ether oxygens (including phenoxy) is 2. The predicted octanol–water partition coefficient (Wildman–Crippen LogP) is 10.6. The van der Waals surface area contributed by atoms with Crippen LogP contribution < -0.4 is 9.62 Å². The largest absolute Gasteiger partial charge is 0.490 e. The number of hydrogen-bond donors (Lipinski definition) is 0. The first kappa shape index (κ1) is 41.6. The molecule has 7 heteroatoms. The van der Waals surface area contributed by atoms with E-state index in [9.17, 15) is 14.4 Å². The summed E-state index contributed by atoms with van der Waals surface area (Å²) in [4.78, 5) is 44.0. The van der Waals surface area contributed by atoms with Gasteiger partial charge in [-0.2, -0.15) is 0 Å². The maximum absolute atomic E-state index is 11.4. The van der Waals surface area contributed by atoms with Gasteiger partial charge in [-0.15, -0.1) is 13.2 Å². The van der Waals surface area contributed by atoms with Crippen LogP contribution in [0.1, 0.15) is 27.8 Å². The molecule has 0 heterocycles. The Morgan fingerprint density at radius 1 is 0.517 bits per heavy atom. The highest BCUT2D eigenvalue weighted by Gasteiger charge is 2.45. The van der Waals surface area contributed by atoms with Crippen LogP contribution in [0.2, 0.25) is 0 Å². The molecule has 7 nitrogen and oxygen atoms in total. The average molecular weight is 769 g/mol. The van der Waals surface area contributed by atoms with Crippen molar-refractivity contribution < 1.29 is 33.6 Å². The zero-order valence-corrected chi connectivity index (χ0v) is 32.2. The topological polar surface area (TPSA) is 88.1 Å². The van der Waals surface area contributed by atoms with E-state index in [1.165, 1.54) is 6.08 Å². The molecule has 0 unspecified atom stereocenters. The van der Waals surface area contributed by atoms with Crippen molar-refractivity contribution in [2.75, 3.05) is 13.2 Å². The molecule has 7 rings (SSSR count). The monoisotopic (exact) mass is 768 g/mol. The molecule has 290 valence electrons. The lowest BCUT2D eigenvalue weighted by Gasteiger charge is -2.34. The first-order chi connectivity index (χ1) is 28.4. The highest BCUT2D eigenvalue weighted by atomic mass is 17.2. The Kier molecular flexibility index (Phi) is 14.7. The van der Waals surface area contributed by atoms with E-state index >= 15 is 0 Å². The van der Waals surface area contributed by atoms with Gasteiger partial charge in [0.1, 0.15) is 19.0 Å². The van der Waals surface area contributed by atoms with Crippen molar-refractivity contribution in [2.45, 2.75) is 11.8 Å². The molecule has 0 atom stereocenters. The number of benzene rings is 6. The number of fused-ring (bicyclic) bond motifs is 3. The van der Waals surface area contributed by atoms with Gasteiger partial charge < -0.3 is 9.47 Å². The number of carbonyl (C=O) groups excluding carboxylic acids is 3. The third kappa shape index (κ3) is 9.46. The molecule has 0 bridgehead atoms. The molecule has 58 heavy (non-hydrogen) atoms. The lowest BCUT2D eigenvalue weighted by Crippen LogP contribution is -2.28. The number of allylic oxidation sites excluding steroid dienone is 1. The predicted molar refractivity (Wildman–Crippen MR) is 229 cm³/mol. The van der Waals surface area contributed by atoms with Crippen molar-refractivity contribution in [3.63, 3.8) is 0 Å². The van der Waals surface area contributed by atoms with Gasteiger partial charge in [0.25, 0.3) is 0 Å². The Morgan fingerprint density at radius 2 is 1.02 bits per heavy atom. The van der Waals surface area contributed by atoms with E-state index in [-0.39, 0.29) is 19.0 Å². The van der Waals surface area contributed by atoms with E-state index < -0.39 is 17.4 Å². The van der Waals surface area contributed by atoms with Crippen molar-refractivity contribution in [1.82, 2.24) is 0 Å². The Labute approximate surface area is 339 Å². The Morgan fingerprint density at radius 3 is 1.57 bits per heavy atom. The second kappa shape index (κ2) is 20.4. The number of ketones is 1. The molecule has 0 fully saturated rings. The summed E-state index contributed by atoms with van der Waals surface area (Å²) < 4.78 is 10.8. The second-order valence-corrected chi connectivity index (χ2v) is 12.7. The first-order valence-electron chi connectivity index (χ1n) is 18.5. The van der Waals surface area contributed by atoms with Crippen molar-refractivity contribution >= 4 is 17.7 Å². The highest BCUT2D eigenvalue weighted by molar-refractivity contribution is 5.92. The lowest BCUT2D eigenvalue weighted by atomic mass is 9.68. The van der Waals surface area contributed by atoms with Gasteiger partial charge in [0, 0.05) is 18.6 Å². The van der Waals surface area contributed by atoms with Gasteiger partial charge in [-0.25, -0.2) is 14.5 Å². The van der Waals surface area contributed by atoms with Crippen LogP contribution in [0.3, 0.4) is 0 Å². The third-order valence-corrected chi connectivity index (χ3v) is 9.37. The molecule has 6 aromatic rings. The number of rotatable bonds is 14. The zero-order chi connectivity index (χ0) is 41.3. The van der Waals surface area contributed by atoms with E-state index in [2.05, 4.69) is 81.4 Å². The molecule has 0 aliphatic heterocycles. The minimum Gasteiger partial charge on any atom is -0.490 e. The van der Waals surface area contributed by atoms with Crippen LogP contribution in [0.4, 0.5) is 0 Å². The number of esters is 1. The van der Waals surface area contributed by atoms with Gasteiger partial charge >= 0.3 is 11.9 Å². The fraction of sp³-hybridized carbons (Fsp3) is 0.0784. The minimum atomic E-state index is -0.671. The second-order valence-electron chi connectivity index (χ2n) is 12.7. The van der Waals surface area contributed by atoms with Crippen molar-refractivity contribution in [3.8, 4) is 33.8 Å². The number of carbonyl (C=O) groups is 3. The van der Waals surface area contributed by atoms with Crippen LogP contribution in [-0.2, 0) is 35.8 Å². The summed E-state index contributed by atoms with van der Waals surface area (Å²) in [6, 6.07) is 50.3. The average Bonchev–Trinajstić information content (AvgIpc) is 3.59. The Hall–Kier alpha value is -7.51.